The molecule has 1 aromatic carbocycles. The SMILES string of the molecule is Cc1nc2c(c(=O)[nH]1)C(c1ccccc1C(F)(F)F)CC(=O)N2. The average molecular weight is 323 g/mol. The number of nitrogens with one attached hydrogen (secondary N) is 2. The third kappa shape index (κ3) is 2.71. The van der Waals surface area contributed by atoms with Crippen LogP contribution in [0.4, 0.5) is 19.0 Å². The van der Waals surface area contributed by atoms with Crippen molar-refractivity contribution in [1.29, 1.82) is 0 Å². The van der Waals surface area contributed by atoms with Crippen LogP contribution in [-0.2, 0) is 11.0 Å². The molecule has 0 fully saturated rings. The second-order valence-electron chi connectivity index (χ2n) is 5.30. The summed E-state index contributed by atoms with van der Waals surface area (Å²) < 4.78 is 39.7. The van der Waals surface area contributed by atoms with Crippen molar-refractivity contribution in [2.24, 2.45) is 0 Å². The van der Waals surface area contributed by atoms with Gasteiger partial charge in [-0.3, -0.25) is 9.59 Å². The molecule has 1 aliphatic heterocycles. The van der Waals surface area contributed by atoms with Gasteiger partial charge in [-0.2, -0.15) is 13.2 Å². The number of aryl methyl sites for hydroxylation is 1. The van der Waals surface area contributed by atoms with Crippen LogP contribution in [0.3, 0.4) is 0 Å². The van der Waals surface area contributed by atoms with Gasteiger partial charge in [0.25, 0.3) is 5.56 Å². The third-order valence-corrected chi connectivity index (χ3v) is 3.71. The Kier molecular flexibility index (Phi) is 3.46. The second-order valence-corrected chi connectivity index (χ2v) is 5.30. The molecular formula is C15H12F3N3O2. The average Bonchev–Trinajstić information content (AvgIpc) is 2.44. The number of hydrogen-bond acceptors (Lipinski definition) is 3. The number of anilines is 1. The molecule has 1 atom stereocenters. The van der Waals surface area contributed by atoms with Crippen LogP contribution < -0.4 is 10.9 Å². The summed E-state index contributed by atoms with van der Waals surface area (Å²) in [4.78, 5) is 30.6. The molecule has 0 saturated heterocycles. The molecule has 0 bridgehead atoms. The number of alkyl halides is 3. The molecule has 2 heterocycles. The number of hydrogen-bond donors (Lipinski definition) is 2. The van der Waals surface area contributed by atoms with E-state index in [1.807, 2.05) is 0 Å². The number of amides is 1. The maximum Gasteiger partial charge on any atom is 0.416 e. The van der Waals surface area contributed by atoms with Gasteiger partial charge in [-0.1, -0.05) is 18.2 Å². The number of carbonyl (C=O) groups excluding carboxylic acids is 1. The predicted molar refractivity (Wildman–Crippen MR) is 76.1 cm³/mol. The number of halogens is 3. The standard InChI is InChI=1S/C15H12F3N3O2/c1-7-19-13-12(14(23)20-7)9(6-11(22)21-13)8-4-2-3-5-10(8)15(16,17)18/h2-5,9H,6H2,1H3,(H2,19,20,21,22,23). The zero-order valence-electron chi connectivity index (χ0n) is 12.0. The van der Waals surface area contributed by atoms with E-state index < -0.39 is 29.1 Å². The first-order valence-corrected chi connectivity index (χ1v) is 6.84. The quantitative estimate of drug-likeness (QED) is 0.847. The first-order chi connectivity index (χ1) is 10.8. The fraction of sp³-hybridized carbons (Fsp3) is 0.267. The smallest absolute Gasteiger partial charge is 0.310 e. The highest BCUT2D eigenvalue weighted by atomic mass is 19.4. The summed E-state index contributed by atoms with van der Waals surface area (Å²) >= 11 is 0. The molecule has 0 radical (unpaired) electrons. The van der Waals surface area contributed by atoms with Gasteiger partial charge >= 0.3 is 6.18 Å². The van der Waals surface area contributed by atoms with E-state index in [2.05, 4.69) is 15.3 Å². The molecule has 0 aliphatic carbocycles. The van der Waals surface area contributed by atoms with E-state index in [0.717, 1.165) is 6.07 Å². The molecule has 1 amide bonds. The fourth-order valence-electron chi connectivity index (χ4n) is 2.81. The van der Waals surface area contributed by atoms with Crippen molar-refractivity contribution in [3.63, 3.8) is 0 Å². The molecule has 2 aromatic rings. The Morgan fingerprint density at radius 1 is 1.22 bits per heavy atom. The Labute approximate surface area is 128 Å². The number of aromatic amines is 1. The molecule has 1 aromatic heterocycles. The Bertz CT molecular complexity index is 843. The number of rotatable bonds is 1. The maximum absolute atomic E-state index is 13.2. The van der Waals surface area contributed by atoms with Crippen LogP contribution in [0.25, 0.3) is 0 Å². The molecule has 3 rings (SSSR count). The van der Waals surface area contributed by atoms with Crippen molar-refractivity contribution in [3.05, 3.63) is 57.1 Å². The van der Waals surface area contributed by atoms with Gasteiger partial charge < -0.3 is 10.3 Å². The van der Waals surface area contributed by atoms with Gasteiger partial charge in [-0.05, 0) is 18.6 Å². The van der Waals surface area contributed by atoms with Gasteiger partial charge in [-0.15, -0.1) is 0 Å². The van der Waals surface area contributed by atoms with Crippen LogP contribution in [0.5, 0.6) is 0 Å². The highest BCUT2D eigenvalue weighted by molar-refractivity contribution is 5.94. The van der Waals surface area contributed by atoms with E-state index >= 15 is 0 Å². The fourth-order valence-corrected chi connectivity index (χ4v) is 2.81. The first kappa shape index (κ1) is 15.3. The molecular weight excluding hydrogens is 311 g/mol. The molecule has 8 heteroatoms. The Morgan fingerprint density at radius 3 is 2.61 bits per heavy atom. The van der Waals surface area contributed by atoms with E-state index in [9.17, 15) is 22.8 Å². The Balaban J connectivity index is 2.24. The molecule has 120 valence electrons. The predicted octanol–water partition coefficient (Wildman–Crippen LogP) is 2.57. The number of nitrogens with zero attached hydrogens (tertiary/aromatic N) is 1. The van der Waals surface area contributed by atoms with Crippen LogP contribution >= 0.6 is 0 Å². The number of fused-ring (bicyclic) bond motifs is 1. The van der Waals surface area contributed by atoms with Gasteiger partial charge in [0.2, 0.25) is 5.91 Å². The first-order valence-electron chi connectivity index (χ1n) is 6.84. The summed E-state index contributed by atoms with van der Waals surface area (Å²) in [5, 5.41) is 2.45. The summed E-state index contributed by atoms with van der Waals surface area (Å²) in [7, 11) is 0. The highest BCUT2D eigenvalue weighted by Crippen LogP contribution is 2.40. The lowest BCUT2D eigenvalue weighted by molar-refractivity contribution is -0.138. The minimum atomic E-state index is -4.57. The van der Waals surface area contributed by atoms with Gasteiger partial charge in [-0.25, -0.2) is 4.98 Å². The van der Waals surface area contributed by atoms with Gasteiger partial charge in [0, 0.05) is 12.3 Å². The lowest BCUT2D eigenvalue weighted by atomic mass is 9.84. The van der Waals surface area contributed by atoms with Gasteiger partial charge in [0.1, 0.15) is 11.6 Å². The number of carbonyl (C=O) groups is 1. The number of aromatic nitrogens is 2. The zero-order chi connectivity index (χ0) is 16.8. The van der Waals surface area contributed by atoms with E-state index in [1.165, 1.54) is 25.1 Å². The largest absolute Gasteiger partial charge is 0.416 e. The van der Waals surface area contributed by atoms with Crippen LogP contribution in [0.2, 0.25) is 0 Å². The van der Waals surface area contributed by atoms with Crippen LogP contribution in [0.15, 0.2) is 29.1 Å². The van der Waals surface area contributed by atoms with Crippen molar-refractivity contribution in [2.45, 2.75) is 25.4 Å². The summed E-state index contributed by atoms with van der Waals surface area (Å²) in [6, 6.07) is 4.95. The van der Waals surface area contributed by atoms with Crippen molar-refractivity contribution in [1.82, 2.24) is 9.97 Å². The topological polar surface area (TPSA) is 74.8 Å². The normalized spacial score (nSPS) is 17.6. The lowest BCUT2D eigenvalue weighted by Crippen LogP contribution is -2.32. The van der Waals surface area contributed by atoms with E-state index in [0.29, 0.717) is 0 Å². The van der Waals surface area contributed by atoms with Crippen molar-refractivity contribution >= 4 is 11.7 Å². The Morgan fingerprint density at radius 2 is 1.91 bits per heavy atom. The summed E-state index contributed by atoms with van der Waals surface area (Å²) in [5.41, 5.74) is -1.46. The zero-order valence-corrected chi connectivity index (χ0v) is 12.0. The molecule has 0 spiro atoms. The monoisotopic (exact) mass is 323 g/mol. The molecule has 2 N–H and O–H groups in total. The summed E-state index contributed by atoms with van der Waals surface area (Å²) in [6.07, 6.45) is -4.82. The van der Waals surface area contributed by atoms with Crippen molar-refractivity contribution < 1.29 is 18.0 Å². The molecule has 1 unspecified atom stereocenters. The minimum absolute atomic E-state index is 0.0180. The van der Waals surface area contributed by atoms with Crippen LogP contribution in [0, 0.1) is 6.92 Å². The summed E-state index contributed by atoms with van der Waals surface area (Å²) in [6.45, 7) is 1.53. The van der Waals surface area contributed by atoms with Crippen LogP contribution in [-0.4, -0.2) is 15.9 Å². The minimum Gasteiger partial charge on any atom is -0.310 e. The van der Waals surface area contributed by atoms with E-state index in [1.54, 1.807) is 0 Å². The van der Waals surface area contributed by atoms with Gasteiger partial charge in [0.15, 0.2) is 0 Å². The number of H-pyrrole nitrogens is 1. The maximum atomic E-state index is 13.2. The summed E-state index contributed by atoms with van der Waals surface area (Å²) in [5.74, 6) is -1.17. The third-order valence-electron chi connectivity index (χ3n) is 3.71. The molecule has 23 heavy (non-hydrogen) atoms. The lowest BCUT2D eigenvalue weighted by Gasteiger charge is -2.26. The molecule has 1 aliphatic rings. The Hall–Kier alpha value is -2.64. The molecule has 5 nitrogen and oxygen atoms in total. The van der Waals surface area contributed by atoms with Gasteiger partial charge in [0.05, 0.1) is 11.1 Å². The second kappa shape index (κ2) is 5.22. The molecule has 0 saturated carbocycles. The van der Waals surface area contributed by atoms with Crippen molar-refractivity contribution in [2.75, 3.05) is 5.32 Å². The van der Waals surface area contributed by atoms with Crippen molar-refractivity contribution in [3.8, 4) is 0 Å². The highest BCUT2D eigenvalue weighted by Gasteiger charge is 2.38. The number of benzene rings is 1. The van der Waals surface area contributed by atoms with E-state index in [4.69, 9.17) is 0 Å². The van der Waals surface area contributed by atoms with Crippen LogP contribution in [0.1, 0.15) is 34.9 Å². The van der Waals surface area contributed by atoms with E-state index in [-0.39, 0.29) is 29.2 Å².